The van der Waals surface area contributed by atoms with Gasteiger partial charge in [-0.25, -0.2) is 4.39 Å². The molecule has 0 atom stereocenters. The van der Waals surface area contributed by atoms with E-state index in [1.807, 2.05) is 20.8 Å². The molecular weight excluding hydrogens is 195 g/mol. The van der Waals surface area contributed by atoms with Gasteiger partial charge in [0.15, 0.2) is 11.5 Å². The molecule has 1 rings (SSSR count). The standard InChI is InChI=1S/C12H17FO2/c1-12(2,3)9-6-8(13)7-10(14-4)11(9)15-5/h6-7H,1-5H3. The minimum absolute atomic E-state index is 0.180. The molecule has 2 nitrogen and oxygen atoms in total. The van der Waals surface area contributed by atoms with Gasteiger partial charge in [0.05, 0.1) is 14.2 Å². The van der Waals surface area contributed by atoms with E-state index in [1.54, 1.807) is 7.11 Å². The predicted octanol–water partition coefficient (Wildman–Crippen LogP) is 3.14. The molecule has 0 aromatic heterocycles. The maximum atomic E-state index is 13.3. The van der Waals surface area contributed by atoms with Crippen LogP contribution in [0.15, 0.2) is 12.1 Å². The Labute approximate surface area is 90.0 Å². The van der Waals surface area contributed by atoms with E-state index in [9.17, 15) is 4.39 Å². The zero-order valence-electron chi connectivity index (χ0n) is 9.85. The monoisotopic (exact) mass is 212 g/mol. The Kier molecular flexibility index (Phi) is 3.22. The predicted molar refractivity (Wildman–Crippen MR) is 58.2 cm³/mol. The lowest BCUT2D eigenvalue weighted by Gasteiger charge is -2.23. The summed E-state index contributed by atoms with van der Waals surface area (Å²) >= 11 is 0. The molecule has 0 bridgehead atoms. The van der Waals surface area contributed by atoms with Gasteiger partial charge >= 0.3 is 0 Å². The molecule has 0 aliphatic rings. The van der Waals surface area contributed by atoms with Gasteiger partial charge in [-0.2, -0.15) is 0 Å². The minimum atomic E-state index is -0.308. The van der Waals surface area contributed by atoms with Crippen molar-refractivity contribution in [3.8, 4) is 11.5 Å². The third kappa shape index (κ3) is 2.41. The summed E-state index contributed by atoms with van der Waals surface area (Å²) in [6.45, 7) is 6.01. The van der Waals surface area contributed by atoms with Crippen molar-refractivity contribution in [3.05, 3.63) is 23.5 Å². The molecule has 0 unspecified atom stereocenters. The van der Waals surface area contributed by atoms with Gasteiger partial charge in [0.1, 0.15) is 5.82 Å². The Morgan fingerprint density at radius 1 is 1.07 bits per heavy atom. The topological polar surface area (TPSA) is 18.5 Å². The van der Waals surface area contributed by atoms with E-state index in [1.165, 1.54) is 19.2 Å². The SMILES string of the molecule is COc1cc(F)cc(C(C)(C)C)c1OC. The molecule has 0 amide bonds. The van der Waals surface area contributed by atoms with Crippen LogP contribution in [0.1, 0.15) is 26.3 Å². The van der Waals surface area contributed by atoms with Crippen molar-refractivity contribution in [2.75, 3.05) is 14.2 Å². The number of hydrogen-bond donors (Lipinski definition) is 0. The smallest absolute Gasteiger partial charge is 0.164 e. The van der Waals surface area contributed by atoms with Gasteiger partial charge < -0.3 is 9.47 Å². The first-order valence-electron chi connectivity index (χ1n) is 4.82. The van der Waals surface area contributed by atoms with Crippen molar-refractivity contribution in [1.82, 2.24) is 0 Å². The highest BCUT2D eigenvalue weighted by molar-refractivity contribution is 5.49. The number of benzene rings is 1. The van der Waals surface area contributed by atoms with E-state index in [0.717, 1.165) is 5.56 Å². The maximum Gasteiger partial charge on any atom is 0.164 e. The third-order valence-electron chi connectivity index (χ3n) is 2.25. The van der Waals surface area contributed by atoms with Crippen LogP contribution in [0.25, 0.3) is 0 Å². The maximum absolute atomic E-state index is 13.3. The second kappa shape index (κ2) is 4.09. The first kappa shape index (κ1) is 11.8. The molecule has 0 fully saturated rings. The first-order chi connectivity index (χ1) is 6.90. The van der Waals surface area contributed by atoms with Crippen LogP contribution in [-0.4, -0.2) is 14.2 Å². The second-order valence-electron chi connectivity index (χ2n) is 4.44. The van der Waals surface area contributed by atoms with Crippen LogP contribution in [0.5, 0.6) is 11.5 Å². The zero-order chi connectivity index (χ0) is 11.6. The highest BCUT2D eigenvalue weighted by atomic mass is 19.1. The number of halogens is 1. The van der Waals surface area contributed by atoms with Crippen LogP contribution < -0.4 is 9.47 Å². The first-order valence-corrected chi connectivity index (χ1v) is 4.82. The molecule has 0 aliphatic heterocycles. The lowest BCUT2D eigenvalue weighted by atomic mass is 9.86. The van der Waals surface area contributed by atoms with Gasteiger partial charge in [0, 0.05) is 11.6 Å². The highest BCUT2D eigenvalue weighted by Crippen LogP contribution is 2.38. The highest BCUT2D eigenvalue weighted by Gasteiger charge is 2.22. The van der Waals surface area contributed by atoms with Crippen molar-refractivity contribution in [1.29, 1.82) is 0 Å². The van der Waals surface area contributed by atoms with Gasteiger partial charge in [-0.05, 0) is 11.5 Å². The van der Waals surface area contributed by atoms with Crippen molar-refractivity contribution < 1.29 is 13.9 Å². The van der Waals surface area contributed by atoms with E-state index < -0.39 is 0 Å². The molecule has 84 valence electrons. The average molecular weight is 212 g/mol. The zero-order valence-corrected chi connectivity index (χ0v) is 9.85. The molecule has 15 heavy (non-hydrogen) atoms. The molecule has 0 aliphatic carbocycles. The van der Waals surface area contributed by atoms with Crippen LogP contribution >= 0.6 is 0 Å². The van der Waals surface area contributed by atoms with E-state index in [2.05, 4.69) is 0 Å². The van der Waals surface area contributed by atoms with E-state index in [4.69, 9.17) is 9.47 Å². The van der Waals surface area contributed by atoms with Gasteiger partial charge in [-0.3, -0.25) is 0 Å². The Morgan fingerprint density at radius 2 is 1.67 bits per heavy atom. The normalized spacial score (nSPS) is 11.3. The Balaban J connectivity index is 3.42. The molecule has 0 radical (unpaired) electrons. The van der Waals surface area contributed by atoms with Crippen molar-refractivity contribution in [2.24, 2.45) is 0 Å². The largest absolute Gasteiger partial charge is 0.493 e. The summed E-state index contributed by atoms with van der Waals surface area (Å²) in [5.41, 5.74) is 0.627. The Bertz CT molecular complexity index is 353. The lowest BCUT2D eigenvalue weighted by Crippen LogP contribution is -2.13. The number of methoxy groups -OCH3 is 2. The molecule has 1 aromatic carbocycles. The fourth-order valence-corrected chi connectivity index (χ4v) is 1.49. The summed E-state index contributed by atoms with van der Waals surface area (Å²) in [7, 11) is 3.06. The fraction of sp³-hybridized carbons (Fsp3) is 0.500. The van der Waals surface area contributed by atoms with Crippen LogP contribution in [-0.2, 0) is 5.41 Å². The van der Waals surface area contributed by atoms with E-state index in [-0.39, 0.29) is 11.2 Å². The summed E-state index contributed by atoms with van der Waals surface area (Å²) in [5.74, 6) is 0.728. The van der Waals surface area contributed by atoms with Crippen LogP contribution in [0.2, 0.25) is 0 Å². The summed E-state index contributed by atoms with van der Waals surface area (Å²) in [6, 6.07) is 2.81. The summed E-state index contributed by atoms with van der Waals surface area (Å²) in [6.07, 6.45) is 0. The van der Waals surface area contributed by atoms with Crippen molar-refractivity contribution >= 4 is 0 Å². The molecule has 3 heteroatoms. The average Bonchev–Trinajstić information content (AvgIpc) is 2.15. The van der Waals surface area contributed by atoms with Gasteiger partial charge in [0.25, 0.3) is 0 Å². The number of rotatable bonds is 2. The molecule has 0 heterocycles. The third-order valence-corrected chi connectivity index (χ3v) is 2.25. The lowest BCUT2D eigenvalue weighted by molar-refractivity contribution is 0.342. The summed E-state index contributed by atoms with van der Waals surface area (Å²) < 4.78 is 23.7. The molecule has 1 aromatic rings. The van der Waals surface area contributed by atoms with E-state index in [0.29, 0.717) is 11.5 Å². The summed E-state index contributed by atoms with van der Waals surface area (Å²) in [5, 5.41) is 0. The molecule has 0 saturated carbocycles. The molecule has 0 spiro atoms. The Morgan fingerprint density at radius 3 is 2.07 bits per heavy atom. The van der Waals surface area contributed by atoms with Crippen LogP contribution in [0.4, 0.5) is 4.39 Å². The molecular formula is C12H17FO2. The fourth-order valence-electron chi connectivity index (χ4n) is 1.49. The van der Waals surface area contributed by atoms with Gasteiger partial charge in [-0.15, -0.1) is 0 Å². The molecule has 0 saturated heterocycles. The Hall–Kier alpha value is -1.25. The second-order valence-corrected chi connectivity index (χ2v) is 4.44. The van der Waals surface area contributed by atoms with Crippen LogP contribution in [0, 0.1) is 5.82 Å². The minimum Gasteiger partial charge on any atom is -0.493 e. The quantitative estimate of drug-likeness (QED) is 0.749. The summed E-state index contributed by atoms with van der Waals surface area (Å²) in [4.78, 5) is 0. The van der Waals surface area contributed by atoms with Crippen molar-refractivity contribution in [3.63, 3.8) is 0 Å². The van der Waals surface area contributed by atoms with Gasteiger partial charge in [-0.1, -0.05) is 20.8 Å². The van der Waals surface area contributed by atoms with Gasteiger partial charge in [0.2, 0.25) is 0 Å². The number of hydrogen-bond acceptors (Lipinski definition) is 2. The van der Waals surface area contributed by atoms with Crippen molar-refractivity contribution in [2.45, 2.75) is 26.2 Å². The number of ether oxygens (including phenoxy) is 2. The van der Waals surface area contributed by atoms with Crippen LogP contribution in [0.3, 0.4) is 0 Å². The van der Waals surface area contributed by atoms with E-state index >= 15 is 0 Å². The molecule has 0 N–H and O–H groups in total.